The largest absolute Gasteiger partial charge is 0.355 e. The molecule has 0 unspecified atom stereocenters. The molecule has 2 aromatic carbocycles. The highest BCUT2D eigenvalue weighted by Crippen LogP contribution is 2.26. The van der Waals surface area contributed by atoms with Crippen LogP contribution in [0.15, 0.2) is 42.5 Å². The van der Waals surface area contributed by atoms with Crippen molar-refractivity contribution < 1.29 is 9.59 Å². The van der Waals surface area contributed by atoms with Gasteiger partial charge in [0.2, 0.25) is 11.8 Å². The molecule has 6 heteroatoms. The number of benzene rings is 2. The fourth-order valence-electron chi connectivity index (χ4n) is 2.87. The van der Waals surface area contributed by atoms with Crippen molar-refractivity contribution in [3.63, 3.8) is 0 Å². The number of amides is 2. The van der Waals surface area contributed by atoms with E-state index < -0.39 is 6.04 Å². The molecule has 2 amide bonds. The van der Waals surface area contributed by atoms with Crippen molar-refractivity contribution in [2.75, 3.05) is 6.54 Å². The van der Waals surface area contributed by atoms with E-state index in [0.717, 1.165) is 11.1 Å². The van der Waals surface area contributed by atoms with Crippen LogP contribution in [0.25, 0.3) is 0 Å². The van der Waals surface area contributed by atoms with E-state index in [-0.39, 0.29) is 18.2 Å². The molecule has 0 aliphatic rings. The second-order valence-corrected chi connectivity index (χ2v) is 7.27. The Kier molecular flexibility index (Phi) is 7.69. The predicted octanol–water partition coefficient (Wildman–Crippen LogP) is 4.40. The van der Waals surface area contributed by atoms with E-state index >= 15 is 0 Å². The van der Waals surface area contributed by atoms with Crippen molar-refractivity contribution in [3.05, 3.63) is 69.2 Å². The summed E-state index contributed by atoms with van der Waals surface area (Å²) in [6, 6.07) is 12.4. The summed E-state index contributed by atoms with van der Waals surface area (Å²) in [7, 11) is 0. The Morgan fingerprint density at radius 3 is 2.33 bits per heavy atom. The Labute approximate surface area is 170 Å². The topological polar surface area (TPSA) is 49.4 Å². The van der Waals surface area contributed by atoms with Crippen LogP contribution >= 0.6 is 23.2 Å². The fourth-order valence-corrected chi connectivity index (χ4v) is 3.40. The molecule has 0 fully saturated rings. The van der Waals surface area contributed by atoms with Crippen molar-refractivity contribution in [2.45, 2.75) is 39.8 Å². The molecule has 0 bridgehead atoms. The van der Waals surface area contributed by atoms with Crippen molar-refractivity contribution in [2.24, 2.45) is 0 Å². The van der Waals surface area contributed by atoms with Gasteiger partial charge in [0, 0.05) is 23.1 Å². The molecule has 0 saturated carbocycles. The number of aryl methyl sites for hydroxylation is 1. The van der Waals surface area contributed by atoms with E-state index in [1.807, 2.05) is 38.1 Å². The van der Waals surface area contributed by atoms with Crippen LogP contribution in [-0.2, 0) is 22.6 Å². The molecule has 0 aromatic heterocycles. The molecule has 1 atom stereocenters. The van der Waals surface area contributed by atoms with E-state index in [2.05, 4.69) is 5.32 Å². The molecule has 0 spiro atoms. The normalized spacial score (nSPS) is 11.7. The van der Waals surface area contributed by atoms with E-state index in [0.29, 0.717) is 28.7 Å². The van der Waals surface area contributed by atoms with Crippen molar-refractivity contribution in [3.8, 4) is 0 Å². The Morgan fingerprint density at radius 1 is 1.11 bits per heavy atom. The van der Waals surface area contributed by atoms with Gasteiger partial charge >= 0.3 is 0 Å². The van der Waals surface area contributed by atoms with Crippen molar-refractivity contribution in [1.29, 1.82) is 0 Å². The van der Waals surface area contributed by atoms with Crippen LogP contribution in [0.1, 0.15) is 30.5 Å². The number of carbonyl (C=O) groups is 2. The first-order valence-electron chi connectivity index (χ1n) is 8.89. The number of nitrogens with one attached hydrogen (secondary N) is 1. The number of nitrogens with zero attached hydrogens (tertiary/aromatic N) is 1. The number of hydrogen-bond donors (Lipinski definition) is 1. The van der Waals surface area contributed by atoms with E-state index in [1.54, 1.807) is 30.0 Å². The summed E-state index contributed by atoms with van der Waals surface area (Å²) in [5, 5.41) is 3.66. The van der Waals surface area contributed by atoms with Crippen LogP contribution in [0.5, 0.6) is 0 Å². The molecule has 1 N–H and O–H groups in total. The Hall–Kier alpha value is -2.04. The van der Waals surface area contributed by atoms with Gasteiger partial charge in [0.1, 0.15) is 6.04 Å². The van der Waals surface area contributed by atoms with Crippen molar-refractivity contribution in [1.82, 2.24) is 10.2 Å². The van der Waals surface area contributed by atoms with Gasteiger partial charge in [-0.1, -0.05) is 59.1 Å². The maximum atomic E-state index is 13.1. The third-order valence-corrected chi connectivity index (χ3v) is 5.05. The maximum Gasteiger partial charge on any atom is 0.242 e. The smallest absolute Gasteiger partial charge is 0.242 e. The van der Waals surface area contributed by atoms with Gasteiger partial charge < -0.3 is 10.2 Å². The highest BCUT2D eigenvalue weighted by atomic mass is 35.5. The number of hydrogen-bond acceptors (Lipinski definition) is 2. The average molecular weight is 407 g/mol. The van der Waals surface area contributed by atoms with Crippen LogP contribution in [0.3, 0.4) is 0 Å². The second-order valence-electron chi connectivity index (χ2n) is 6.46. The van der Waals surface area contributed by atoms with Gasteiger partial charge in [-0.3, -0.25) is 9.59 Å². The maximum absolute atomic E-state index is 13.1. The number of rotatable bonds is 7. The SMILES string of the molecule is CCNC(=O)[C@@H](C)N(Cc1cccc(C)c1)C(=O)Cc1c(Cl)cccc1Cl. The second kappa shape index (κ2) is 9.77. The summed E-state index contributed by atoms with van der Waals surface area (Å²) in [5.41, 5.74) is 2.63. The lowest BCUT2D eigenvalue weighted by Gasteiger charge is -2.29. The zero-order valence-electron chi connectivity index (χ0n) is 15.8. The van der Waals surface area contributed by atoms with Gasteiger partial charge in [0.15, 0.2) is 0 Å². The van der Waals surface area contributed by atoms with Crippen LogP contribution in [0.2, 0.25) is 10.0 Å². The third-order valence-electron chi connectivity index (χ3n) is 4.34. The summed E-state index contributed by atoms with van der Waals surface area (Å²) in [4.78, 5) is 27.0. The third kappa shape index (κ3) is 5.72. The van der Waals surface area contributed by atoms with Crippen LogP contribution in [-0.4, -0.2) is 29.3 Å². The number of halogens is 2. The molecule has 2 aromatic rings. The highest BCUT2D eigenvalue weighted by molar-refractivity contribution is 6.36. The van der Waals surface area contributed by atoms with Gasteiger partial charge in [-0.25, -0.2) is 0 Å². The van der Waals surface area contributed by atoms with E-state index in [9.17, 15) is 9.59 Å². The zero-order chi connectivity index (χ0) is 20.0. The first-order valence-corrected chi connectivity index (χ1v) is 9.64. The van der Waals surface area contributed by atoms with Gasteiger partial charge in [0.25, 0.3) is 0 Å². The number of likely N-dealkylation sites (N-methyl/N-ethyl adjacent to an activating group) is 1. The van der Waals surface area contributed by atoms with Gasteiger partial charge in [-0.2, -0.15) is 0 Å². The molecule has 0 aliphatic heterocycles. The fraction of sp³-hybridized carbons (Fsp3) is 0.333. The lowest BCUT2D eigenvalue weighted by Crippen LogP contribution is -2.48. The summed E-state index contributed by atoms with van der Waals surface area (Å²) in [6.45, 7) is 6.41. The van der Waals surface area contributed by atoms with E-state index in [4.69, 9.17) is 23.2 Å². The lowest BCUT2D eigenvalue weighted by atomic mass is 10.1. The Bertz CT molecular complexity index is 803. The van der Waals surface area contributed by atoms with Crippen LogP contribution < -0.4 is 5.32 Å². The quantitative estimate of drug-likeness (QED) is 0.740. The molecule has 144 valence electrons. The molecule has 0 saturated heterocycles. The van der Waals surface area contributed by atoms with Gasteiger partial charge in [0.05, 0.1) is 6.42 Å². The minimum atomic E-state index is -0.612. The molecule has 0 radical (unpaired) electrons. The molecule has 27 heavy (non-hydrogen) atoms. The molecular formula is C21H24Cl2N2O2. The van der Waals surface area contributed by atoms with Crippen LogP contribution in [0, 0.1) is 6.92 Å². The number of carbonyl (C=O) groups excluding carboxylic acids is 2. The molecule has 4 nitrogen and oxygen atoms in total. The summed E-state index contributed by atoms with van der Waals surface area (Å²) in [5.74, 6) is -0.394. The monoisotopic (exact) mass is 406 g/mol. The van der Waals surface area contributed by atoms with Gasteiger partial charge in [-0.15, -0.1) is 0 Å². The molecule has 0 heterocycles. The average Bonchev–Trinajstić information content (AvgIpc) is 2.62. The first-order chi connectivity index (χ1) is 12.8. The van der Waals surface area contributed by atoms with Crippen molar-refractivity contribution >= 4 is 35.0 Å². The summed E-state index contributed by atoms with van der Waals surface area (Å²) in [6.07, 6.45) is 0.0358. The minimum absolute atomic E-state index is 0.0358. The molecular weight excluding hydrogens is 383 g/mol. The lowest BCUT2D eigenvalue weighted by molar-refractivity contribution is -0.140. The minimum Gasteiger partial charge on any atom is -0.355 e. The molecule has 2 rings (SSSR count). The van der Waals surface area contributed by atoms with E-state index in [1.165, 1.54) is 0 Å². The molecule has 0 aliphatic carbocycles. The Balaban J connectivity index is 2.30. The predicted molar refractivity (Wildman–Crippen MR) is 110 cm³/mol. The highest BCUT2D eigenvalue weighted by Gasteiger charge is 2.26. The summed E-state index contributed by atoms with van der Waals surface area (Å²) < 4.78 is 0. The van der Waals surface area contributed by atoms with Crippen LogP contribution in [0.4, 0.5) is 0 Å². The first kappa shape index (κ1) is 21.3. The van der Waals surface area contributed by atoms with Gasteiger partial charge in [-0.05, 0) is 44.0 Å². The summed E-state index contributed by atoms with van der Waals surface area (Å²) >= 11 is 12.4. The standard InChI is InChI=1S/C21H24Cl2N2O2/c1-4-24-21(27)15(3)25(13-16-8-5-7-14(2)11-16)20(26)12-17-18(22)9-6-10-19(17)23/h5-11,15H,4,12-13H2,1-3H3,(H,24,27)/t15-/m1/s1. The Morgan fingerprint density at radius 2 is 1.74 bits per heavy atom. The zero-order valence-corrected chi connectivity index (χ0v) is 17.3.